The maximum atomic E-state index is 4.85. The molecular weight excluding hydrogens is 591 g/mol. The van der Waals surface area contributed by atoms with Crippen molar-refractivity contribution in [2.24, 2.45) is 0 Å². The second-order valence-electron chi connectivity index (χ2n) is 10.8. The molecule has 0 radical (unpaired) electrons. The van der Waals surface area contributed by atoms with E-state index < -0.39 is 0 Å². The average Bonchev–Trinajstić information content (AvgIpc) is 3.24. The molecule has 36 heavy (non-hydrogen) atoms. The molecule has 0 bridgehead atoms. The zero-order valence-electron chi connectivity index (χ0n) is 22.0. The molecule has 0 spiro atoms. The number of allylic oxidation sites excluding steroid dienone is 2. The van der Waals surface area contributed by atoms with E-state index >= 15 is 0 Å². The van der Waals surface area contributed by atoms with Crippen LogP contribution in [0.2, 0.25) is 0 Å². The standard InChI is InChI=1S/C30H43N2P.2ClH.Ru/c1-31-21-22-32(2)30(31)29-25(23-24-13-6-3-7-14-24)15-12-20-28(29)33(26-16-8-4-9-17-26)27-18-10-5-11-19-27;;;/h3,6-7,13-14,21-23,26-28H,4-5,8-12,15-20H2,1-2H3;2*1H;/q;;;+2/p-2. The van der Waals surface area contributed by atoms with E-state index in [4.69, 9.17) is 19.4 Å². The number of hydrogen-bond acceptors (Lipinski definition) is 2. The SMILES string of the molecule is CN1C=CN(C)C1=C1C(=Cc2ccccc2)CCCC1P(C1CCCCC1)C1CCCCC1.[Cl][Ru][Cl]. The Kier molecular flexibility index (Phi) is 11.7. The number of benzene rings is 1. The quantitative estimate of drug-likeness (QED) is 0.240. The maximum absolute atomic E-state index is 4.85. The first-order chi connectivity index (χ1) is 17.6. The minimum absolute atomic E-state index is 0.0103. The fourth-order valence-corrected chi connectivity index (χ4v) is 11.6. The third kappa shape index (κ3) is 7.20. The van der Waals surface area contributed by atoms with Gasteiger partial charge in [0.05, 0.1) is 0 Å². The molecule has 1 heterocycles. The molecule has 1 unspecified atom stereocenters. The van der Waals surface area contributed by atoms with Gasteiger partial charge in [0.25, 0.3) is 0 Å². The van der Waals surface area contributed by atoms with E-state index in [1.54, 1.807) is 11.1 Å². The Morgan fingerprint density at radius 2 is 1.31 bits per heavy atom. The van der Waals surface area contributed by atoms with Crippen LogP contribution in [-0.4, -0.2) is 40.9 Å². The summed E-state index contributed by atoms with van der Waals surface area (Å²) in [5.74, 6) is 1.46. The molecule has 1 aromatic rings. The van der Waals surface area contributed by atoms with Crippen LogP contribution < -0.4 is 0 Å². The van der Waals surface area contributed by atoms with E-state index in [1.807, 2.05) is 0 Å². The summed E-state index contributed by atoms with van der Waals surface area (Å²) in [6.45, 7) is 0. The van der Waals surface area contributed by atoms with Gasteiger partial charge in [-0.25, -0.2) is 0 Å². The van der Waals surface area contributed by atoms with Crippen molar-refractivity contribution < 1.29 is 15.1 Å². The van der Waals surface area contributed by atoms with Gasteiger partial charge in [-0.3, -0.25) is 0 Å². The number of nitrogens with zero attached hydrogens (tertiary/aromatic N) is 2. The Balaban J connectivity index is 0.000000967. The zero-order chi connectivity index (χ0) is 25.3. The van der Waals surface area contributed by atoms with Gasteiger partial charge in [-0.1, -0.05) is 82.9 Å². The zero-order valence-corrected chi connectivity index (χ0v) is 26.1. The molecule has 4 aliphatic rings. The fraction of sp³-hybridized carbons (Fsp3) is 0.600. The number of halogens is 2. The predicted octanol–water partition coefficient (Wildman–Crippen LogP) is 9.71. The Bertz CT molecular complexity index is 875. The van der Waals surface area contributed by atoms with Gasteiger partial charge in [-0.15, -0.1) is 0 Å². The fourth-order valence-electron chi connectivity index (χ4n) is 7.01. The van der Waals surface area contributed by atoms with Crippen molar-refractivity contribution in [2.75, 3.05) is 14.1 Å². The van der Waals surface area contributed by atoms with Crippen LogP contribution in [0.1, 0.15) is 89.0 Å². The van der Waals surface area contributed by atoms with Gasteiger partial charge in [0.15, 0.2) is 0 Å². The molecule has 1 atom stereocenters. The predicted molar refractivity (Wildman–Crippen MR) is 156 cm³/mol. The topological polar surface area (TPSA) is 6.48 Å². The summed E-state index contributed by atoms with van der Waals surface area (Å²) < 4.78 is 0. The van der Waals surface area contributed by atoms with Gasteiger partial charge in [-0.05, 0) is 67.4 Å². The molecule has 2 nitrogen and oxygen atoms in total. The Morgan fingerprint density at radius 3 is 1.83 bits per heavy atom. The molecule has 0 aromatic heterocycles. The van der Waals surface area contributed by atoms with Crippen molar-refractivity contribution in [3.63, 3.8) is 0 Å². The summed E-state index contributed by atoms with van der Waals surface area (Å²) in [5.41, 5.74) is 7.46. The van der Waals surface area contributed by atoms with E-state index in [-0.39, 0.29) is 23.1 Å². The molecule has 0 N–H and O–H groups in total. The van der Waals surface area contributed by atoms with Crippen LogP contribution in [-0.2, 0) is 15.1 Å². The van der Waals surface area contributed by atoms with Crippen LogP contribution >= 0.6 is 27.3 Å². The van der Waals surface area contributed by atoms with Crippen LogP contribution in [0.5, 0.6) is 0 Å². The van der Waals surface area contributed by atoms with Gasteiger partial charge in [0.1, 0.15) is 5.82 Å². The Morgan fingerprint density at radius 1 is 0.778 bits per heavy atom. The van der Waals surface area contributed by atoms with Crippen molar-refractivity contribution in [3.05, 3.63) is 65.3 Å². The first kappa shape index (κ1) is 28.7. The molecule has 200 valence electrons. The third-order valence-corrected chi connectivity index (χ3v) is 12.5. The monoisotopic (exact) mass is 634 g/mol. The van der Waals surface area contributed by atoms with Crippen molar-refractivity contribution in [3.8, 4) is 0 Å². The normalized spacial score (nSPS) is 25.1. The van der Waals surface area contributed by atoms with E-state index in [0.717, 1.165) is 17.0 Å². The van der Waals surface area contributed by atoms with Gasteiger partial charge < -0.3 is 9.80 Å². The molecule has 6 heteroatoms. The van der Waals surface area contributed by atoms with Crippen LogP contribution in [0.15, 0.2) is 59.7 Å². The average molecular weight is 635 g/mol. The van der Waals surface area contributed by atoms with Crippen molar-refractivity contribution in [1.82, 2.24) is 9.80 Å². The second-order valence-corrected chi connectivity index (χ2v) is 16.4. The third-order valence-electron chi connectivity index (χ3n) is 8.52. The summed E-state index contributed by atoms with van der Waals surface area (Å²) in [7, 11) is 14.2. The van der Waals surface area contributed by atoms with E-state index in [1.165, 1.54) is 94.9 Å². The first-order valence-corrected chi connectivity index (χ1v) is 19.9. The number of rotatable bonds is 4. The van der Waals surface area contributed by atoms with Crippen molar-refractivity contribution >= 4 is 33.4 Å². The minimum atomic E-state index is -0.346. The molecule has 0 amide bonds. The summed E-state index contributed by atoms with van der Waals surface area (Å²) in [5, 5.41) is 0. The van der Waals surface area contributed by atoms with Crippen molar-refractivity contribution in [1.29, 1.82) is 0 Å². The molecule has 0 saturated heterocycles. The summed E-state index contributed by atoms with van der Waals surface area (Å²) in [6.07, 6.45) is 25.9. The summed E-state index contributed by atoms with van der Waals surface area (Å²) in [6, 6.07) is 11.1. The molecular formula is C30H43Cl2N2PRu. The summed E-state index contributed by atoms with van der Waals surface area (Å²) in [4.78, 5) is 4.81. The second kappa shape index (κ2) is 14.7. The van der Waals surface area contributed by atoms with E-state index in [0.29, 0.717) is 0 Å². The van der Waals surface area contributed by atoms with Gasteiger partial charge in [0, 0.05) is 37.7 Å². The summed E-state index contributed by atoms with van der Waals surface area (Å²) >= 11 is -0.346. The molecule has 1 aliphatic heterocycles. The van der Waals surface area contributed by atoms with Crippen molar-refractivity contribution in [2.45, 2.75) is 100 Å². The first-order valence-electron chi connectivity index (χ1n) is 13.9. The van der Waals surface area contributed by atoms with E-state index in [9.17, 15) is 0 Å². The molecule has 3 saturated carbocycles. The Hall–Kier alpha value is -0.327. The molecule has 1 aromatic carbocycles. The van der Waals surface area contributed by atoms with Crippen LogP contribution in [0, 0.1) is 0 Å². The van der Waals surface area contributed by atoms with Gasteiger partial charge >= 0.3 is 34.5 Å². The van der Waals surface area contributed by atoms with Crippen LogP contribution in [0.4, 0.5) is 0 Å². The Labute approximate surface area is 237 Å². The molecule has 5 rings (SSSR count). The molecule has 3 fully saturated rings. The van der Waals surface area contributed by atoms with Gasteiger partial charge in [0.2, 0.25) is 0 Å². The van der Waals surface area contributed by atoms with Crippen LogP contribution in [0.25, 0.3) is 6.08 Å². The molecule has 3 aliphatic carbocycles. The number of hydrogen-bond donors (Lipinski definition) is 0. The van der Waals surface area contributed by atoms with E-state index in [2.05, 4.69) is 72.7 Å². The van der Waals surface area contributed by atoms with Crippen LogP contribution in [0.3, 0.4) is 0 Å². The van der Waals surface area contributed by atoms with Gasteiger partial charge in [-0.2, -0.15) is 0 Å².